The average Bonchev–Trinajstić information content (AvgIpc) is 2.34. The number of pyridine rings is 1. The Labute approximate surface area is 97.5 Å². The van der Waals surface area contributed by atoms with Crippen molar-refractivity contribution in [3.05, 3.63) is 47.9 Å². The third kappa shape index (κ3) is 2.32. The maximum Gasteiger partial charge on any atom is 0.153 e. The van der Waals surface area contributed by atoms with Gasteiger partial charge in [-0.05, 0) is 30.3 Å². The molecule has 1 aromatic carbocycles. The zero-order chi connectivity index (χ0) is 12.3. The first-order valence-electron chi connectivity index (χ1n) is 4.88. The highest BCUT2D eigenvalue weighted by molar-refractivity contribution is 5.71. The van der Waals surface area contributed by atoms with E-state index >= 15 is 0 Å². The molecule has 3 N–H and O–H groups in total. The Morgan fingerprint density at radius 3 is 2.88 bits per heavy atom. The van der Waals surface area contributed by atoms with E-state index in [0.29, 0.717) is 17.2 Å². The Balaban J connectivity index is 2.37. The number of halogens is 1. The predicted octanol–water partition coefficient (Wildman–Crippen LogP) is 2.42. The SMILES string of the molecule is N#Cc1cc(F)ccc1Nc1ncccc1N. The number of hydrogen-bond donors (Lipinski definition) is 2. The molecule has 0 aliphatic carbocycles. The van der Waals surface area contributed by atoms with Gasteiger partial charge in [0.2, 0.25) is 0 Å². The van der Waals surface area contributed by atoms with Crippen molar-refractivity contribution in [2.75, 3.05) is 11.1 Å². The minimum Gasteiger partial charge on any atom is -0.396 e. The molecule has 0 atom stereocenters. The fraction of sp³-hybridized carbons (Fsp3) is 0. The monoisotopic (exact) mass is 228 g/mol. The van der Waals surface area contributed by atoms with E-state index in [-0.39, 0.29) is 5.56 Å². The molecule has 1 aromatic heterocycles. The lowest BCUT2D eigenvalue weighted by molar-refractivity contribution is 0.627. The van der Waals surface area contributed by atoms with Gasteiger partial charge in [-0.2, -0.15) is 5.26 Å². The number of nitrogen functional groups attached to an aromatic ring is 1. The van der Waals surface area contributed by atoms with Crippen molar-refractivity contribution in [1.29, 1.82) is 5.26 Å². The van der Waals surface area contributed by atoms with E-state index < -0.39 is 5.82 Å². The Bertz CT molecular complexity index is 589. The summed E-state index contributed by atoms with van der Waals surface area (Å²) in [6.45, 7) is 0. The molecule has 0 saturated heterocycles. The number of nitrogens with one attached hydrogen (secondary N) is 1. The second-order valence-corrected chi connectivity index (χ2v) is 3.37. The zero-order valence-corrected chi connectivity index (χ0v) is 8.81. The van der Waals surface area contributed by atoms with Gasteiger partial charge in [-0.15, -0.1) is 0 Å². The van der Waals surface area contributed by atoms with Crippen molar-refractivity contribution in [3.63, 3.8) is 0 Å². The van der Waals surface area contributed by atoms with Crippen LogP contribution in [0.2, 0.25) is 0 Å². The predicted molar refractivity (Wildman–Crippen MR) is 63.0 cm³/mol. The van der Waals surface area contributed by atoms with Gasteiger partial charge in [-0.1, -0.05) is 0 Å². The Morgan fingerprint density at radius 2 is 2.18 bits per heavy atom. The first-order valence-corrected chi connectivity index (χ1v) is 4.88. The lowest BCUT2D eigenvalue weighted by Crippen LogP contribution is -2.00. The van der Waals surface area contributed by atoms with Crippen molar-refractivity contribution in [2.45, 2.75) is 0 Å². The third-order valence-corrected chi connectivity index (χ3v) is 2.19. The van der Waals surface area contributed by atoms with Gasteiger partial charge in [0.1, 0.15) is 11.9 Å². The highest BCUT2D eigenvalue weighted by Gasteiger charge is 2.06. The molecule has 2 rings (SSSR count). The maximum atomic E-state index is 12.9. The lowest BCUT2D eigenvalue weighted by Gasteiger charge is -2.09. The number of benzene rings is 1. The third-order valence-electron chi connectivity index (χ3n) is 2.19. The smallest absolute Gasteiger partial charge is 0.153 e. The summed E-state index contributed by atoms with van der Waals surface area (Å²) in [4.78, 5) is 4.03. The Kier molecular flexibility index (Phi) is 2.88. The van der Waals surface area contributed by atoms with E-state index in [1.165, 1.54) is 12.1 Å². The first-order chi connectivity index (χ1) is 8.20. The average molecular weight is 228 g/mol. The first kappa shape index (κ1) is 10.9. The van der Waals surface area contributed by atoms with Gasteiger partial charge in [-0.3, -0.25) is 0 Å². The number of aromatic nitrogens is 1. The summed E-state index contributed by atoms with van der Waals surface area (Å²) in [6.07, 6.45) is 1.58. The topological polar surface area (TPSA) is 74.7 Å². The van der Waals surface area contributed by atoms with Crippen LogP contribution in [-0.2, 0) is 0 Å². The van der Waals surface area contributed by atoms with Crippen LogP contribution in [-0.4, -0.2) is 4.98 Å². The standard InChI is InChI=1S/C12H9FN4/c13-9-3-4-11(8(6-9)7-14)17-12-10(15)2-1-5-16-12/h1-6H,15H2,(H,16,17). The van der Waals surface area contributed by atoms with E-state index in [0.717, 1.165) is 6.07 Å². The van der Waals surface area contributed by atoms with Crippen LogP contribution in [0.25, 0.3) is 0 Å². The number of nitrogens with two attached hydrogens (primary N) is 1. The number of nitriles is 1. The van der Waals surface area contributed by atoms with Crippen LogP contribution in [0.3, 0.4) is 0 Å². The normalized spacial score (nSPS) is 9.65. The van der Waals surface area contributed by atoms with Crippen molar-refractivity contribution < 1.29 is 4.39 Å². The largest absolute Gasteiger partial charge is 0.396 e. The number of rotatable bonds is 2. The van der Waals surface area contributed by atoms with Crippen LogP contribution in [0.4, 0.5) is 21.6 Å². The summed E-state index contributed by atoms with van der Waals surface area (Å²) in [5.74, 6) is -0.0169. The van der Waals surface area contributed by atoms with Crippen LogP contribution in [0.5, 0.6) is 0 Å². The number of anilines is 3. The molecule has 0 bridgehead atoms. The van der Waals surface area contributed by atoms with Crippen molar-refractivity contribution >= 4 is 17.2 Å². The van der Waals surface area contributed by atoms with Gasteiger partial charge in [0.15, 0.2) is 5.82 Å². The summed E-state index contributed by atoms with van der Waals surface area (Å²) in [5.41, 5.74) is 6.84. The second kappa shape index (κ2) is 4.49. The molecule has 0 radical (unpaired) electrons. The number of hydrogen-bond acceptors (Lipinski definition) is 4. The van der Waals surface area contributed by atoms with E-state index in [9.17, 15) is 4.39 Å². The Morgan fingerprint density at radius 1 is 1.35 bits per heavy atom. The molecular weight excluding hydrogens is 219 g/mol. The van der Waals surface area contributed by atoms with Crippen molar-refractivity contribution in [3.8, 4) is 6.07 Å². The lowest BCUT2D eigenvalue weighted by atomic mass is 10.2. The molecule has 2 aromatic rings. The van der Waals surface area contributed by atoms with Gasteiger partial charge < -0.3 is 11.1 Å². The van der Waals surface area contributed by atoms with Crippen LogP contribution in [0.15, 0.2) is 36.5 Å². The molecule has 0 saturated carbocycles. The molecule has 84 valence electrons. The molecule has 0 spiro atoms. The van der Waals surface area contributed by atoms with Gasteiger partial charge in [0.05, 0.1) is 16.9 Å². The van der Waals surface area contributed by atoms with Crippen molar-refractivity contribution in [1.82, 2.24) is 4.98 Å². The van der Waals surface area contributed by atoms with Crippen LogP contribution < -0.4 is 11.1 Å². The summed E-state index contributed by atoms with van der Waals surface area (Å²) < 4.78 is 12.9. The quantitative estimate of drug-likeness (QED) is 0.827. The van der Waals surface area contributed by atoms with Gasteiger partial charge in [0.25, 0.3) is 0 Å². The van der Waals surface area contributed by atoms with Crippen molar-refractivity contribution in [2.24, 2.45) is 0 Å². The second-order valence-electron chi connectivity index (χ2n) is 3.37. The summed E-state index contributed by atoms with van der Waals surface area (Å²) >= 11 is 0. The molecule has 0 aliphatic rings. The molecule has 5 heteroatoms. The summed E-state index contributed by atoms with van der Waals surface area (Å²) in [6, 6.07) is 9.19. The van der Waals surface area contributed by atoms with Gasteiger partial charge in [-0.25, -0.2) is 9.37 Å². The zero-order valence-electron chi connectivity index (χ0n) is 8.81. The highest BCUT2D eigenvalue weighted by Crippen LogP contribution is 2.23. The van der Waals surface area contributed by atoms with E-state index in [4.69, 9.17) is 11.0 Å². The highest BCUT2D eigenvalue weighted by atomic mass is 19.1. The van der Waals surface area contributed by atoms with E-state index in [1.54, 1.807) is 18.3 Å². The number of nitrogens with zero attached hydrogens (tertiary/aromatic N) is 2. The van der Waals surface area contributed by atoms with Crippen LogP contribution in [0, 0.1) is 17.1 Å². The molecule has 17 heavy (non-hydrogen) atoms. The molecule has 0 fully saturated rings. The van der Waals surface area contributed by atoms with Crippen LogP contribution >= 0.6 is 0 Å². The molecular formula is C12H9FN4. The summed E-state index contributed by atoms with van der Waals surface area (Å²) in [5, 5.41) is 11.8. The fourth-order valence-electron chi connectivity index (χ4n) is 1.37. The maximum absolute atomic E-state index is 12.9. The molecule has 1 heterocycles. The van der Waals surface area contributed by atoms with Crippen LogP contribution in [0.1, 0.15) is 5.56 Å². The minimum atomic E-state index is -0.457. The molecule has 0 aliphatic heterocycles. The van der Waals surface area contributed by atoms with E-state index in [1.807, 2.05) is 6.07 Å². The van der Waals surface area contributed by atoms with Gasteiger partial charge >= 0.3 is 0 Å². The fourth-order valence-corrected chi connectivity index (χ4v) is 1.37. The minimum absolute atomic E-state index is 0.204. The Hall–Kier alpha value is -2.61. The molecule has 0 amide bonds. The molecule has 4 nitrogen and oxygen atoms in total. The van der Waals surface area contributed by atoms with E-state index in [2.05, 4.69) is 10.3 Å². The summed E-state index contributed by atoms with van der Waals surface area (Å²) in [7, 11) is 0. The van der Waals surface area contributed by atoms with Gasteiger partial charge in [0, 0.05) is 6.20 Å². The molecule has 0 unspecified atom stereocenters.